The van der Waals surface area contributed by atoms with Crippen LogP contribution in [0.4, 0.5) is 0 Å². The van der Waals surface area contributed by atoms with Crippen LogP contribution in [0.15, 0.2) is 18.2 Å². The fraction of sp³-hybridized carbons (Fsp3) is 0.533. The largest absolute Gasteiger partial charge is 0.379 e. The van der Waals surface area contributed by atoms with Gasteiger partial charge in [0.1, 0.15) is 0 Å². The zero-order valence-electron chi connectivity index (χ0n) is 11.7. The van der Waals surface area contributed by atoms with Gasteiger partial charge in [0, 0.05) is 31.7 Å². The molecule has 1 aromatic rings. The number of rotatable bonds is 4. The lowest BCUT2D eigenvalue weighted by molar-refractivity contribution is 0.0383. The molecule has 1 amide bonds. The summed E-state index contributed by atoms with van der Waals surface area (Å²) in [6.07, 6.45) is 0. The van der Waals surface area contributed by atoms with Crippen molar-refractivity contribution in [1.82, 2.24) is 10.2 Å². The molecule has 4 heteroatoms. The normalized spacial score (nSPS) is 16.3. The second-order valence-corrected chi connectivity index (χ2v) is 4.98. The van der Waals surface area contributed by atoms with Gasteiger partial charge in [0.05, 0.1) is 13.2 Å². The first-order valence-corrected chi connectivity index (χ1v) is 6.83. The van der Waals surface area contributed by atoms with Crippen LogP contribution in [0.2, 0.25) is 0 Å². The molecule has 1 fully saturated rings. The Morgan fingerprint density at radius 2 is 1.89 bits per heavy atom. The van der Waals surface area contributed by atoms with Gasteiger partial charge in [0.25, 0.3) is 5.91 Å². The number of aryl methyl sites for hydroxylation is 2. The number of hydrogen-bond acceptors (Lipinski definition) is 3. The quantitative estimate of drug-likeness (QED) is 0.891. The van der Waals surface area contributed by atoms with Gasteiger partial charge in [-0.15, -0.1) is 0 Å². The molecule has 1 aliphatic heterocycles. The van der Waals surface area contributed by atoms with Crippen molar-refractivity contribution in [1.29, 1.82) is 0 Å². The number of nitrogens with zero attached hydrogens (tertiary/aromatic N) is 1. The Balaban J connectivity index is 1.84. The first kappa shape index (κ1) is 14.0. The summed E-state index contributed by atoms with van der Waals surface area (Å²) in [4.78, 5) is 14.5. The molecule has 0 radical (unpaired) electrons. The van der Waals surface area contributed by atoms with Crippen molar-refractivity contribution in [3.63, 3.8) is 0 Å². The molecule has 0 saturated carbocycles. The molecule has 104 valence electrons. The molecule has 1 aliphatic rings. The van der Waals surface area contributed by atoms with E-state index < -0.39 is 0 Å². The third-order valence-electron chi connectivity index (χ3n) is 3.53. The maximum absolute atomic E-state index is 12.2. The highest BCUT2D eigenvalue weighted by atomic mass is 16.5. The summed E-state index contributed by atoms with van der Waals surface area (Å²) >= 11 is 0. The van der Waals surface area contributed by atoms with Gasteiger partial charge in [-0.1, -0.05) is 18.2 Å². The molecule has 0 unspecified atom stereocenters. The number of carbonyl (C=O) groups excluding carboxylic acids is 1. The van der Waals surface area contributed by atoms with Crippen LogP contribution in [-0.4, -0.2) is 50.2 Å². The highest BCUT2D eigenvalue weighted by Crippen LogP contribution is 2.12. The van der Waals surface area contributed by atoms with Crippen molar-refractivity contribution in [3.05, 3.63) is 34.9 Å². The molecular formula is C15H22N2O2. The number of hydrogen-bond donors (Lipinski definition) is 1. The topological polar surface area (TPSA) is 41.6 Å². The molecule has 0 aromatic heterocycles. The third kappa shape index (κ3) is 3.78. The minimum absolute atomic E-state index is 0.0314. The maximum Gasteiger partial charge on any atom is 0.251 e. The molecule has 1 heterocycles. The summed E-state index contributed by atoms with van der Waals surface area (Å²) < 4.78 is 5.30. The van der Waals surface area contributed by atoms with Crippen LogP contribution in [0, 0.1) is 13.8 Å². The Bertz CT molecular complexity index is 420. The fourth-order valence-electron chi connectivity index (χ4n) is 2.41. The molecule has 2 rings (SSSR count). The first-order valence-electron chi connectivity index (χ1n) is 6.83. The van der Waals surface area contributed by atoms with E-state index in [9.17, 15) is 4.79 Å². The summed E-state index contributed by atoms with van der Waals surface area (Å²) in [6.45, 7) is 9.04. The lowest BCUT2D eigenvalue weighted by Gasteiger charge is -2.26. The molecular weight excluding hydrogens is 240 g/mol. The third-order valence-corrected chi connectivity index (χ3v) is 3.53. The molecule has 1 aromatic carbocycles. The smallest absolute Gasteiger partial charge is 0.251 e. The van der Waals surface area contributed by atoms with E-state index in [4.69, 9.17) is 4.74 Å². The minimum atomic E-state index is 0.0314. The van der Waals surface area contributed by atoms with Gasteiger partial charge in [0.2, 0.25) is 0 Å². The van der Waals surface area contributed by atoms with Crippen LogP contribution in [-0.2, 0) is 4.74 Å². The minimum Gasteiger partial charge on any atom is -0.379 e. The van der Waals surface area contributed by atoms with Crippen LogP contribution in [0.1, 0.15) is 21.5 Å². The van der Waals surface area contributed by atoms with E-state index in [1.54, 1.807) is 0 Å². The van der Waals surface area contributed by atoms with Gasteiger partial charge in [-0.2, -0.15) is 0 Å². The number of carbonyl (C=O) groups is 1. The molecule has 19 heavy (non-hydrogen) atoms. The molecule has 0 spiro atoms. The summed E-state index contributed by atoms with van der Waals surface area (Å²) in [5, 5.41) is 3.01. The average molecular weight is 262 g/mol. The van der Waals surface area contributed by atoms with Crippen molar-refractivity contribution in [3.8, 4) is 0 Å². The van der Waals surface area contributed by atoms with Crippen molar-refractivity contribution in [2.45, 2.75) is 13.8 Å². The van der Waals surface area contributed by atoms with Crippen LogP contribution in [0.5, 0.6) is 0 Å². The number of amides is 1. The Kier molecular flexibility index (Phi) is 4.93. The number of benzene rings is 1. The van der Waals surface area contributed by atoms with Crippen LogP contribution in [0.25, 0.3) is 0 Å². The highest BCUT2D eigenvalue weighted by molar-refractivity contribution is 5.97. The standard InChI is InChI=1S/C15H22N2O2/c1-12-4-3-5-13(2)14(12)15(18)16-6-7-17-8-10-19-11-9-17/h3-5H,6-11H2,1-2H3,(H,16,18). The van der Waals surface area contributed by atoms with Gasteiger partial charge in [-0.05, 0) is 25.0 Å². The fourth-order valence-corrected chi connectivity index (χ4v) is 2.41. The molecule has 1 saturated heterocycles. The summed E-state index contributed by atoms with van der Waals surface area (Å²) in [6, 6.07) is 5.93. The van der Waals surface area contributed by atoms with E-state index in [1.165, 1.54) is 0 Å². The highest BCUT2D eigenvalue weighted by Gasteiger charge is 2.13. The Hall–Kier alpha value is -1.39. The van der Waals surface area contributed by atoms with E-state index in [-0.39, 0.29) is 5.91 Å². The lowest BCUT2D eigenvalue weighted by atomic mass is 10.0. The molecule has 1 N–H and O–H groups in total. The molecule has 0 atom stereocenters. The van der Waals surface area contributed by atoms with Crippen molar-refractivity contribution in [2.24, 2.45) is 0 Å². The van der Waals surface area contributed by atoms with Crippen molar-refractivity contribution >= 4 is 5.91 Å². The lowest BCUT2D eigenvalue weighted by Crippen LogP contribution is -2.41. The second-order valence-electron chi connectivity index (χ2n) is 4.98. The predicted molar refractivity (Wildman–Crippen MR) is 75.5 cm³/mol. The average Bonchev–Trinajstić information content (AvgIpc) is 2.40. The van der Waals surface area contributed by atoms with E-state index in [0.717, 1.165) is 49.5 Å². The SMILES string of the molecule is Cc1cccc(C)c1C(=O)NCCN1CCOCC1. The van der Waals surface area contributed by atoms with Crippen molar-refractivity contribution in [2.75, 3.05) is 39.4 Å². The van der Waals surface area contributed by atoms with E-state index in [0.29, 0.717) is 6.54 Å². The number of ether oxygens (including phenoxy) is 1. The zero-order chi connectivity index (χ0) is 13.7. The molecule has 0 aliphatic carbocycles. The van der Waals surface area contributed by atoms with E-state index >= 15 is 0 Å². The van der Waals surface area contributed by atoms with Gasteiger partial charge in [-0.25, -0.2) is 0 Å². The van der Waals surface area contributed by atoms with Crippen LogP contribution in [0.3, 0.4) is 0 Å². The van der Waals surface area contributed by atoms with Gasteiger partial charge < -0.3 is 10.1 Å². The Labute approximate surface area is 114 Å². The maximum atomic E-state index is 12.2. The monoisotopic (exact) mass is 262 g/mol. The summed E-state index contributed by atoms with van der Waals surface area (Å²) in [5.41, 5.74) is 2.87. The summed E-state index contributed by atoms with van der Waals surface area (Å²) in [5.74, 6) is 0.0314. The van der Waals surface area contributed by atoms with Crippen LogP contribution >= 0.6 is 0 Å². The van der Waals surface area contributed by atoms with Crippen molar-refractivity contribution < 1.29 is 9.53 Å². The molecule has 4 nitrogen and oxygen atoms in total. The summed E-state index contributed by atoms with van der Waals surface area (Å²) in [7, 11) is 0. The Morgan fingerprint density at radius 1 is 1.26 bits per heavy atom. The van der Waals surface area contributed by atoms with E-state index in [1.807, 2.05) is 32.0 Å². The van der Waals surface area contributed by atoms with Crippen LogP contribution < -0.4 is 5.32 Å². The van der Waals surface area contributed by atoms with E-state index in [2.05, 4.69) is 10.2 Å². The van der Waals surface area contributed by atoms with Gasteiger partial charge >= 0.3 is 0 Å². The first-order chi connectivity index (χ1) is 9.18. The zero-order valence-corrected chi connectivity index (χ0v) is 11.7. The Morgan fingerprint density at radius 3 is 2.53 bits per heavy atom. The number of morpholine rings is 1. The second kappa shape index (κ2) is 6.68. The number of nitrogens with one attached hydrogen (secondary N) is 1. The molecule has 0 bridgehead atoms. The predicted octanol–water partition coefficient (Wildman–Crippen LogP) is 1.37. The van der Waals surface area contributed by atoms with Gasteiger partial charge in [-0.3, -0.25) is 9.69 Å². The van der Waals surface area contributed by atoms with Gasteiger partial charge in [0.15, 0.2) is 0 Å².